The first-order chi connectivity index (χ1) is 12.8. The minimum Gasteiger partial charge on any atom is -0.497 e. The summed E-state index contributed by atoms with van der Waals surface area (Å²) >= 11 is 1.90. The summed E-state index contributed by atoms with van der Waals surface area (Å²) in [6.45, 7) is 2.17. The largest absolute Gasteiger partial charge is 0.497 e. The molecule has 0 aliphatic rings. The highest BCUT2D eigenvalue weighted by Crippen LogP contribution is 2.30. The van der Waals surface area contributed by atoms with Crippen LogP contribution in [0.25, 0.3) is 27.7 Å². The average Bonchev–Trinajstić information content (AvgIpc) is 3.11. The van der Waals surface area contributed by atoms with Crippen LogP contribution in [0.1, 0.15) is 12.7 Å². The zero-order valence-corrected chi connectivity index (χ0v) is 15.7. The normalized spacial score (nSPS) is 11.3. The van der Waals surface area contributed by atoms with E-state index < -0.39 is 0 Å². The summed E-state index contributed by atoms with van der Waals surface area (Å²) < 4.78 is 7.18. The Bertz CT molecular complexity index is 1040. The van der Waals surface area contributed by atoms with Gasteiger partial charge in [0.25, 0.3) is 0 Å². The SMILES string of the molecule is CCSCCc1nnc2c3ccccc3c(-c3ccc(OC)cc3)nn12. The van der Waals surface area contributed by atoms with Crippen molar-refractivity contribution in [2.24, 2.45) is 0 Å². The third kappa shape index (κ3) is 3.01. The maximum Gasteiger partial charge on any atom is 0.185 e. The van der Waals surface area contributed by atoms with E-state index in [1.165, 1.54) is 0 Å². The fourth-order valence-electron chi connectivity index (χ4n) is 3.05. The Morgan fingerprint density at radius 1 is 1.00 bits per heavy atom. The van der Waals surface area contributed by atoms with Crippen LogP contribution in [0.3, 0.4) is 0 Å². The van der Waals surface area contributed by atoms with Crippen molar-refractivity contribution < 1.29 is 4.74 Å². The van der Waals surface area contributed by atoms with Crippen molar-refractivity contribution in [3.05, 3.63) is 54.4 Å². The smallest absolute Gasteiger partial charge is 0.185 e. The van der Waals surface area contributed by atoms with Crippen molar-refractivity contribution in [1.82, 2.24) is 19.8 Å². The number of rotatable bonds is 6. The minimum atomic E-state index is 0.814. The van der Waals surface area contributed by atoms with Gasteiger partial charge in [0.2, 0.25) is 0 Å². The van der Waals surface area contributed by atoms with Crippen molar-refractivity contribution in [2.45, 2.75) is 13.3 Å². The van der Waals surface area contributed by atoms with Gasteiger partial charge in [-0.1, -0.05) is 31.2 Å². The lowest BCUT2D eigenvalue weighted by Gasteiger charge is -2.09. The molecule has 5 nitrogen and oxygen atoms in total. The molecule has 0 aliphatic carbocycles. The number of methoxy groups -OCH3 is 1. The number of aromatic nitrogens is 4. The van der Waals surface area contributed by atoms with Gasteiger partial charge in [-0.2, -0.15) is 21.4 Å². The van der Waals surface area contributed by atoms with Crippen molar-refractivity contribution in [3.63, 3.8) is 0 Å². The molecule has 2 heterocycles. The van der Waals surface area contributed by atoms with E-state index in [9.17, 15) is 0 Å². The molecule has 0 saturated carbocycles. The molecule has 26 heavy (non-hydrogen) atoms. The molecule has 0 atom stereocenters. The van der Waals surface area contributed by atoms with Crippen LogP contribution in [-0.4, -0.2) is 38.4 Å². The number of benzene rings is 2. The third-order valence-corrected chi connectivity index (χ3v) is 5.27. The Labute approximate surface area is 156 Å². The molecule has 2 aromatic heterocycles. The summed E-state index contributed by atoms with van der Waals surface area (Å²) in [4.78, 5) is 0. The molecule has 0 unspecified atom stereocenters. The molecule has 2 aromatic carbocycles. The Morgan fingerprint density at radius 3 is 2.50 bits per heavy atom. The van der Waals surface area contributed by atoms with Crippen LogP contribution in [0, 0.1) is 0 Å². The third-order valence-electron chi connectivity index (χ3n) is 4.37. The first-order valence-electron chi connectivity index (χ1n) is 8.67. The highest BCUT2D eigenvalue weighted by atomic mass is 32.2. The van der Waals surface area contributed by atoms with Crippen LogP contribution in [0.5, 0.6) is 5.75 Å². The van der Waals surface area contributed by atoms with E-state index in [1.54, 1.807) is 7.11 Å². The van der Waals surface area contributed by atoms with Crippen molar-refractivity contribution in [1.29, 1.82) is 0 Å². The number of hydrogen-bond acceptors (Lipinski definition) is 5. The Morgan fingerprint density at radius 2 is 1.77 bits per heavy atom. The van der Waals surface area contributed by atoms with Gasteiger partial charge < -0.3 is 4.74 Å². The molecule has 6 heteroatoms. The van der Waals surface area contributed by atoms with E-state index in [4.69, 9.17) is 9.84 Å². The molecular formula is C20H20N4OS. The molecular weight excluding hydrogens is 344 g/mol. The van der Waals surface area contributed by atoms with Crippen molar-refractivity contribution in [2.75, 3.05) is 18.6 Å². The van der Waals surface area contributed by atoms with Crippen LogP contribution in [-0.2, 0) is 6.42 Å². The standard InChI is InChI=1S/C20H20N4OS/c1-3-26-13-12-18-21-22-20-17-7-5-4-6-16(17)19(23-24(18)20)14-8-10-15(25-2)11-9-14/h4-11H,3,12-13H2,1-2H3. The number of thioether (sulfide) groups is 1. The summed E-state index contributed by atoms with van der Waals surface area (Å²) in [7, 11) is 1.67. The fraction of sp³-hybridized carbons (Fsp3) is 0.250. The number of hydrogen-bond donors (Lipinski definition) is 0. The van der Waals surface area contributed by atoms with E-state index in [2.05, 4.69) is 29.3 Å². The molecule has 132 valence electrons. The summed E-state index contributed by atoms with van der Waals surface area (Å²) in [5, 5.41) is 15.9. The maximum atomic E-state index is 5.28. The topological polar surface area (TPSA) is 52.3 Å². The summed E-state index contributed by atoms with van der Waals surface area (Å²) in [5.41, 5.74) is 2.79. The van der Waals surface area contributed by atoms with Gasteiger partial charge in [-0.05, 0) is 30.0 Å². The van der Waals surface area contributed by atoms with Gasteiger partial charge in [-0.25, -0.2) is 0 Å². The van der Waals surface area contributed by atoms with Crippen LogP contribution < -0.4 is 4.74 Å². The molecule has 0 bridgehead atoms. The maximum absolute atomic E-state index is 5.28. The second-order valence-electron chi connectivity index (χ2n) is 5.92. The van der Waals surface area contributed by atoms with Gasteiger partial charge >= 0.3 is 0 Å². The van der Waals surface area contributed by atoms with Gasteiger partial charge in [0.05, 0.1) is 12.8 Å². The summed E-state index contributed by atoms with van der Waals surface area (Å²) in [6, 6.07) is 16.2. The molecule has 0 saturated heterocycles. The predicted molar refractivity (Wildman–Crippen MR) is 107 cm³/mol. The minimum absolute atomic E-state index is 0.814. The van der Waals surface area contributed by atoms with Crippen molar-refractivity contribution in [3.8, 4) is 17.0 Å². The molecule has 0 radical (unpaired) electrons. The summed E-state index contributed by atoms with van der Waals surface area (Å²) in [6.07, 6.45) is 0.854. The second-order valence-corrected chi connectivity index (χ2v) is 7.32. The molecule has 0 spiro atoms. The lowest BCUT2D eigenvalue weighted by atomic mass is 10.0. The van der Waals surface area contributed by atoms with E-state index in [0.29, 0.717) is 0 Å². The van der Waals surface area contributed by atoms with Crippen LogP contribution in [0.4, 0.5) is 0 Å². The number of fused-ring (bicyclic) bond motifs is 3. The van der Waals surface area contributed by atoms with Gasteiger partial charge in [-0.3, -0.25) is 0 Å². The fourth-order valence-corrected chi connectivity index (χ4v) is 3.66. The zero-order valence-electron chi connectivity index (χ0n) is 14.8. The van der Waals surface area contributed by atoms with Crippen LogP contribution in [0.2, 0.25) is 0 Å². The Balaban J connectivity index is 1.90. The Hall–Kier alpha value is -2.60. The highest BCUT2D eigenvalue weighted by Gasteiger charge is 2.15. The first kappa shape index (κ1) is 16.8. The van der Waals surface area contributed by atoms with E-state index in [-0.39, 0.29) is 0 Å². The number of ether oxygens (including phenoxy) is 1. The first-order valence-corrected chi connectivity index (χ1v) is 9.82. The molecule has 0 aliphatic heterocycles. The van der Waals surface area contributed by atoms with E-state index in [0.717, 1.165) is 57.2 Å². The van der Waals surface area contributed by atoms with Gasteiger partial charge in [0.15, 0.2) is 11.5 Å². The van der Waals surface area contributed by atoms with E-state index in [1.807, 2.05) is 52.7 Å². The molecule has 4 aromatic rings. The Kier molecular flexibility index (Phi) is 4.75. The quantitative estimate of drug-likeness (QED) is 0.479. The molecule has 4 rings (SSSR count). The van der Waals surface area contributed by atoms with Gasteiger partial charge in [0, 0.05) is 28.5 Å². The van der Waals surface area contributed by atoms with Gasteiger partial charge in [-0.15, -0.1) is 10.2 Å². The zero-order chi connectivity index (χ0) is 17.9. The second kappa shape index (κ2) is 7.33. The molecule has 0 N–H and O–H groups in total. The average molecular weight is 364 g/mol. The lowest BCUT2D eigenvalue weighted by molar-refractivity contribution is 0.415. The van der Waals surface area contributed by atoms with E-state index >= 15 is 0 Å². The van der Waals surface area contributed by atoms with Crippen LogP contribution in [0.15, 0.2) is 48.5 Å². The summed E-state index contributed by atoms with van der Waals surface area (Å²) in [5.74, 6) is 3.86. The monoisotopic (exact) mass is 364 g/mol. The predicted octanol–water partition coefficient (Wildman–Crippen LogP) is 4.25. The lowest BCUT2D eigenvalue weighted by Crippen LogP contribution is -2.03. The number of nitrogens with zero attached hydrogens (tertiary/aromatic N) is 4. The van der Waals surface area contributed by atoms with Crippen molar-refractivity contribution >= 4 is 28.2 Å². The molecule has 0 amide bonds. The highest BCUT2D eigenvalue weighted by molar-refractivity contribution is 7.99. The van der Waals surface area contributed by atoms with Crippen LogP contribution >= 0.6 is 11.8 Å². The van der Waals surface area contributed by atoms with Gasteiger partial charge in [0.1, 0.15) is 5.75 Å². The number of aryl methyl sites for hydroxylation is 1. The molecule has 0 fully saturated rings.